The van der Waals surface area contributed by atoms with Gasteiger partial charge in [-0.2, -0.15) is 5.26 Å². The van der Waals surface area contributed by atoms with Crippen LogP contribution in [0.2, 0.25) is 0 Å². The number of fused-ring (bicyclic) bond motifs is 3. The van der Waals surface area contributed by atoms with E-state index in [1.54, 1.807) is 6.07 Å². The van der Waals surface area contributed by atoms with E-state index in [1.165, 1.54) is 17.2 Å². The summed E-state index contributed by atoms with van der Waals surface area (Å²) in [5.74, 6) is -2.42. The molecule has 3 aromatic rings. The number of nitrogens with zero attached hydrogens (tertiary/aromatic N) is 1. The Balaban J connectivity index is 1.81. The molecular weight excluding hydrogens is 359 g/mol. The number of halogens is 3. The van der Waals surface area contributed by atoms with Crippen LogP contribution in [0.3, 0.4) is 0 Å². The predicted octanol–water partition coefficient (Wildman–Crippen LogP) is 6.36. The highest BCUT2D eigenvalue weighted by molar-refractivity contribution is 5.78. The fraction of sp³-hybridized carbons (Fsp3) is 0.208. The van der Waals surface area contributed by atoms with Gasteiger partial charge in [-0.1, -0.05) is 43.7 Å². The summed E-state index contributed by atoms with van der Waals surface area (Å²) in [5, 5.41) is 8.82. The molecule has 0 N–H and O–H groups in total. The maximum atomic E-state index is 15.3. The van der Waals surface area contributed by atoms with Crippen LogP contribution in [0.5, 0.6) is 0 Å². The molecular formula is C24H18F3N. The monoisotopic (exact) mass is 377 g/mol. The molecule has 0 bridgehead atoms. The van der Waals surface area contributed by atoms with E-state index in [1.807, 2.05) is 12.1 Å². The lowest BCUT2D eigenvalue weighted by Gasteiger charge is -2.22. The zero-order valence-corrected chi connectivity index (χ0v) is 15.5. The number of benzene rings is 3. The highest BCUT2D eigenvalue weighted by Crippen LogP contribution is 2.39. The molecule has 0 amide bonds. The van der Waals surface area contributed by atoms with E-state index in [2.05, 4.69) is 19.1 Å². The van der Waals surface area contributed by atoms with E-state index in [0.717, 1.165) is 42.5 Å². The van der Waals surface area contributed by atoms with Gasteiger partial charge >= 0.3 is 0 Å². The van der Waals surface area contributed by atoms with E-state index in [-0.39, 0.29) is 11.1 Å². The van der Waals surface area contributed by atoms with Gasteiger partial charge in [-0.25, -0.2) is 13.2 Å². The van der Waals surface area contributed by atoms with Gasteiger partial charge in [0.25, 0.3) is 0 Å². The number of nitriles is 1. The van der Waals surface area contributed by atoms with Crippen molar-refractivity contribution in [2.75, 3.05) is 0 Å². The summed E-state index contributed by atoms with van der Waals surface area (Å²) in [4.78, 5) is 0. The van der Waals surface area contributed by atoms with E-state index < -0.39 is 23.0 Å². The standard InChI is InChI=1S/C24H18F3N/c1-2-3-14-4-6-17-15(10-14)5-7-20-19(17)9-8-18(24(20)27)16-11-22(25)21(13-28)23(26)12-16/h4,6,8-12H,2-3,5,7H2,1H3. The molecule has 0 saturated carbocycles. The lowest BCUT2D eigenvalue weighted by atomic mass is 9.82. The average Bonchev–Trinajstić information content (AvgIpc) is 2.68. The van der Waals surface area contributed by atoms with E-state index in [0.29, 0.717) is 12.0 Å². The second-order valence-electron chi connectivity index (χ2n) is 7.12. The van der Waals surface area contributed by atoms with Crippen LogP contribution >= 0.6 is 0 Å². The van der Waals surface area contributed by atoms with Crippen LogP contribution in [0.25, 0.3) is 22.3 Å². The van der Waals surface area contributed by atoms with Crippen molar-refractivity contribution in [3.63, 3.8) is 0 Å². The fourth-order valence-corrected chi connectivity index (χ4v) is 4.00. The molecule has 0 fully saturated rings. The van der Waals surface area contributed by atoms with Gasteiger partial charge in [0.15, 0.2) is 0 Å². The fourth-order valence-electron chi connectivity index (χ4n) is 4.00. The topological polar surface area (TPSA) is 23.8 Å². The van der Waals surface area contributed by atoms with Crippen LogP contribution in [-0.4, -0.2) is 0 Å². The van der Waals surface area contributed by atoms with E-state index >= 15 is 4.39 Å². The zero-order chi connectivity index (χ0) is 19.8. The summed E-state index contributed by atoms with van der Waals surface area (Å²) >= 11 is 0. The normalized spacial score (nSPS) is 12.2. The lowest BCUT2D eigenvalue weighted by molar-refractivity contribution is 0.576. The summed E-state index contributed by atoms with van der Waals surface area (Å²) in [6, 6.07) is 13.2. The minimum atomic E-state index is -0.983. The Bertz CT molecular complexity index is 1100. The Morgan fingerprint density at radius 3 is 2.25 bits per heavy atom. The molecule has 1 aliphatic rings. The highest BCUT2D eigenvalue weighted by Gasteiger charge is 2.23. The van der Waals surface area contributed by atoms with Gasteiger partial charge in [-0.15, -0.1) is 0 Å². The molecule has 0 saturated heterocycles. The maximum absolute atomic E-state index is 15.3. The number of rotatable bonds is 3. The second-order valence-corrected chi connectivity index (χ2v) is 7.12. The van der Waals surface area contributed by atoms with Crippen LogP contribution < -0.4 is 0 Å². The van der Waals surface area contributed by atoms with Crippen LogP contribution in [0, 0.1) is 28.8 Å². The molecule has 0 spiro atoms. The summed E-state index contributed by atoms with van der Waals surface area (Å²) in [6.45, 7) is 2.14. The molecule has 3 aromatic carbocycles. The summed E-state index contributed by atoms with van der Waals surface area (Å²) in [7, 11) is 0. The van der Waals surface area contributed by atoms with Crippen LogP contribution in [0.15, 0.2) is 42.5 Å². The van der Waals surface area contributed by atoms with Crippen molar-refractivity contribution in [2.24, 2.45) is 0 Å². The van der Waals surface area contributed by atoms with Crippen LogP contribution in [0.1, 0.15) is 35.6 Å². The first-order valence-electron chi connectivity index (χ1n) is 9.36. The Morgan fingerprint density at radius 1 is 0.893 bits per heavy atom. The molecule has 0 unspecified atom stereocenters. The van der Waals surface area contributed by atoms with Gasteiger partial charge in [0.1, 0.15) is 29.1 Å². The number of aryl methyl sites for hydroxylation is 2. The van der Waals surface area contributed by atoms with Gasteiger partial charge in [0, 0.05) is 5.56 Å². The van der Waals surface area contributed by atoms with Crippen molar-refractivity contribution < 1.29 is 13.2 Å². The van der Waals surface area contributed by atoms with Gasteiger partial charge in [-0.3, -0.25) is 0 Å². The largest absolute Gasteiger partial charge is 0.206 e. The first kappa shape index (κ1) is 18.3. The molecule has 140 valence electrons. The molecule has 1 aliphatic carbocycles. The second kappa shape index (κ2) is 7.16. The van der Waals surface area contributed by atoms with Crippen LogP contribution in [0.4, 0.5) is 13.2 Å². The highest BCUT2D eigenvalue weighted by atomic mass is 19.1. The minimum Gasteiger partial charge on any atom is -0.206 e. The quantitative estimate of drug-likeness (QED) is 0.521. The molecule has 4 heteroatoms. The van der Waals surface area contributed by atoms with E-state index in [9.17, 15) is 8.78 Å². The zero-order valence-electron chi connectivity index (χ0n) is 15.5. The minimum absolute atomic E-state index is 0.0957. The van der Waals surface area contributed by atoms with Crippen molar-refractivity contribution in [2.45, 2.75) is 32.6 Å². The van der Waals surface area contributed by atoms with Crippen molar-refractivity contribution in [1.29, 1.82) is 5.26 Å². The third kappa shape index (κ3) is 2.97. The predicted molar refractivity (Wildman–Crippen MR) is 103 cm³/mol. The van der Waals surface area contributed by atoms with E-state index in [4.69, 9.17) is 5.26 Å². The molecule has 28 heavy (non-hydrogen) atoms. The molecule has 0 radical (unpaired) electrons. The first-order chi connectivity index (χ1) is 13.5. The molecule has 0 atom stereocenters. The van der Waals surface area contributed by atoms with Crippen molar-refractivity contribution in [3.8, 4) is 28.3 Å². The average molecular weight is 377 g/mol. The molecule has 4 rings (SSSR count). The van der Waals surface area contributed by atoms with Crippen molar-refractivity contribution in [1.82, 2.24) is 0 Å². The summed E-state index contributed by atoms with van der Waals surface area (Å²) in [6.07, 6.45) is 3.36. The Hall–Kier alpha value is -3.06. The first-order valence-corrected chi connectivity index (χ1v) is 9.36. The van der Waals surface area contributed by atoms with Gasteiger partial charge in [-0.05, 0) is 64.8 Å². The maximum Gasteiger partial charge on any atom is 0.144 e. The third-order valence-electron chi connectivity index (χ3n) is 5.35. The van der Waals surface area contributed by atoms with Gasteiger partial charge in [0.05, 0.1) is 0 Å². The number of hydrogen-bond acceptors (Lipinski definition) is 1. The Morgan fingerprint density at radius 2 is 1.57 bits per heavy atom. The smallest absolute Gasteiger partial charge is 0.144 e. The van der Waals surface area contributed by atoms with Gasteiger partial charge < -0.3 is 0 Å². The Kier molecular flexibility index (Phi) is 4.68. The van der Waals surface area contributed by atoms with Crippen molar-refractivity contribution in [3.05, 3.63) is 82.2 Å². The number of hydrogen-bond donors (Lipinski definition) is 0. The third-order valence-corrected chi connectivity index (χ3v) is 5.35. The van der Waals surface area contributed by atoms with Gasteiger partial charge in [0.2, 0.25) is 0 Å². The molecule has 0 aromatic heterocycles. The summed E-state index contributed by atoms with van der Waals surface area (Å²) < 4.78 is 43.2. The molecule has 1 nitrogen and oxygen atoms in total. The van der Waals surface area contributed by atoms with Crippen molar-refractivity contribution >= 4 is 0 Å². The molecule has 0 aliphatic heterocycles. The Labute approximate surface area is 162 Å². The van der Waals surface area contributed by atoms with Crippen LogP contribution in [-0.2, 0) is 19.3 Å². The summed E-state index contributed by atoms with van der Waals surface area (Å²) in [5.41, 5.74) is 4.50. The lowest BCUT2D eigenvalue weighted by Crippen LogP contribution is -2.08. The molecule has 0 heterocycles. The SMILES string of the molecule is CCCc1ccc2c(c1)CCc1c-2ccc(-c2cc(F)c(C#N)c(F)c2)c1F.